The fourth-order valence-corrected chi connectivity index (χ4v) is 3.47. The molecule has 0 radical (unpaired) electrons. The number of carbonyl (C=O) groups excluding carboxylic acids is 2. The van der Waals surface area contributed by atoms with Crippen molar-refractivity contribution in [3.8, 4) is 0 Å². The minimum absolute atomic E-state index is 0.105. The number of fused-ring (bicyclic) bond motifs is 1. The number of rotatable bonds is 5. The van der Waals surface area contributed by atoms with Crippen molar-refractivity contribution in [2.24, 2.45) is 5.92 Å². The molecular weight excluding hydrogens is 368 g/mol. The normalized spacial score (nSPS) is 14.5. The van der Waals surface area contributed by atoms with Gasteiger partial charge in [0.2, 0.25) is 0 Å². The maximum atomic E-state index is 12.9. The van der Waals surface area contributed by atoms with Crippen molar-refractivity contribution in [3.05, 3.63) is 66.1 Å². The number of aromatic nitrogens is 2. The third kappa shape index (κ3) is 4.41. The number of hydrogen-bond acceptors (Lipinski definition) is 5. The second kappa shape index (κ2) is 8.79. The molecule has 1 aliphatic heterocycles. The zero-order valence-electron chi connectivity index (χ0n) is 15.9. The predicted octanol–water partition coefficient (Wildman–Crippen LogP) is 3.04. The highest BCUT2D eigenvalue weighted by atomic mass is 16.5. The number of ether oxygens (including phenoxy) is 1. The van der Waals surface area contributed by atoms with E-state index in [0.717, 1.165) is 36.8 Å². The topological polar surface area (TPSA) is 93.2 Å². The molecule has 0 atom stereocenters. The zero-order valence-corrected chi connectivity index (χ0v) is 15.9. The summed E-state index contributed by atoms with van der Waals surface area (Å²) in [4.78, 5) is 33.8. The molecule has 4 rings (SSSR count). The molecule has 2 heterocycles. The first kappa shape index (κ1) is 19.0. The van der Waals surface area contributed by atoms with Crippen LogP contribution in [0.5, 0.6) is 0 Å². The fraction of sp³-hybridized carbons (Fsp3) is 0.273. The van der Waals surface area contributed by atoms with Crippen molar-refractivity contribution in [1.82, 2.24) is 15.3 Å². The number of benzene rings is 2. The van der Waals surface area contributed by atoms with Crippen LogP contribution in [0.3, 0.4) is 0 Å². The van der Waals surface area contributed by atoms with Gasteiger partial charge in [0.25, 0.3) is 11.8 Å². The van der Waals surface area contributed by atoms with E-state index in [2.05, 4.69) is 20.6 Å². The minimum atomic E-state index is -0.349. The van der Waals surface area contributed by atoms with Gasteiger partial charge in [-0.2, -0.15) is 0 Å². The lowest BCUT2D eigenvalue weighted by atomic mass is 10.0. The summed E-state index contributed by atoms with van der Waals surface area (Å²) >= 11 is 0. The third-order valence-electron chi connectivity index (χ3n) is 5.07. The number of hydrogen-bond donors (Lipinski definition) is 2. The predicted molar refractivity (Wildman–Crippen MR) is 110 cm³/mol. The van der Waals surface area contributed by atoms with Crippen molar-refractivity contribution in [1.29, 1.82) is 0 Å². The van der Waals surface area contributed by atoms with E-state index in [1.165, 1.54) is 12.4 Å². The molecule has 7 heteroatoms. The highest BCUT2D eigenvalue weighted by molar-refractivity contribution is 6.14. The molecule has 0 aliphatic carbocycles. The Morgan fingerprint density at radius 3 is 2.59 bits per heavy atom. The van der Waals surface area contributed by atoms with Gasteiger partial charge in [0.15, 0.2) is 11.5 Å². The Bertz CT molecular complexity index is 1030. The van der Waals surface area contributed by atoms with Gasteiger partial charge in [-0.25, -0.2) is 9.97 Å². The van der Waals surface area contributed by atoms with Crippen LogP contribution < -0.4 is 10.6 Å². The molecule has 1 aromatic heterocycles. The van der Waals surface area contributed by atoms with Gasteiger partial charge in [-0.1, -0.05) is 36.4 Å². The van der Waals surface area contributed by atoms with Crippen molar-refractivity contribution < 1.29 is 14.3 Å². The standard InChI is InChI=1S/C22H22N4O3/c27-21(18-7-3-5-16-4-1-2-6-17(16)18)26-20-19(23-10-11-24-20)22(28)25-14-15-8-12-29-13-9-15/h1-7,10-11,15H,8-9,12-14H2,(H,25,28)(H,24,26,27). The van der Waals surface area contributed by atoms with Gasteiger partial charge in [-0.15, -0.1) is 0 Å². The molecule has 0 saturated carbocycles. The first-order valence-electron chi connectivity index (χ1n) is 9.68. The Morgan fingerprint density at radius 2 is 1.72 bits per heavy atom. The summed E-state index contributed by atoms with van der Waals surface area (Å²) in [7, 11) is 0. The van der Waals surface area contributed by atoms with Crippen molar-refractivity contribution in [2.45, 2.75) is 12.8 Å². The zero-order chi connectivity index (χ0) is 20.1. The van der Waals surface area contributed by atoms with Crippen molar-refractivity contribution >= 4 is 28.4 Å². The molecule has 3 aromatic rings. The van der Waals surface area contributed by atoms with E-state index in [1.807, 2.05) is 36.4 Å². The van der Waals surface area contributed by atoms with Crippen molar-refractivity contribution in [3.63, 3.8) is 0 Å². The van der Waals surface area contributed by atoms with E-state index in [4.69, 9.17) is 4.74 Å². The van der Waals surface area contributed by atoms with Crippen LogP contribution in [0.4, 0.5) is 5.82 Å². The summed E-state index contributed by atoms with van der Waals surface area (Å²) in [5.41, 5.74) is 0.621. The molecule has 0 unspecified atom stereocenters. The lowest BCUT2D eigenvalue weighted by Crippen LogP contribution is -2.33. The Morgan fingerprint density at radius 1 is 0.966 bits per heavy atom. The van der Waals surface area contributed by atoms with Gasteiger partial charge in [-0.3, -0.25) is 9.59 Å². The molecule has 0 bridgehead atoms. The molecule has 148 valence electrons. The lowest BCUT2D eigenvalue weighted by Gasteiger charge is -2.22. The molecule has 2 N–H and O–H groups in total. The fourth-order valence-electron chi connectivity index (χ4n) is 3.47. The van der Waals surface area contributed by atoms with E-state index in [0.29, 0.717) is 18.0 Å². The van der Waals surface area contributed by atoms with Gasteiger partial charge in [0.05, 0.1) is 0 Å². The second-order valence-corrected chi connectivity index (χ2v) is 7.00. The van der Waals surface area contributed by atoms with Crippen molar-refractivity contribution in [2.75, 3.05) is 25.1 Å². The van der Waals surface area contributed by atoms with Gasteiger partial charge in [0, 0.05) is 37.7 Å². The summed E-state index contributed by atoms with van der Waals surface area (Å²) in [6.45, 7) is 1.99. The molecule has 0 spiro atoms. The second-order valence-electron chi connectivity index (χ2n) is 7.00. The van der Waals surface area contributed by atoms with Crippen LogP contribution in [0.25, 0.3) is 10.8 Å². The maximum absolute atomic E-state index is 12.9. The lowest BCUT2D eigenvalue weighted by molar-refractivity contribution is 0.0642. The van der Waals surface area contributed by atoms with E-state index >= 15 is 0 Å². The highest BCUT2D eigenvalue weighted by Crippen LogP contribution is 2.20. The van der Waals surface area contributed by atoms with E-state index in [9.17, 15) is 9.59 Å². The third-order valence-corrected chi connectivity index (χ3v) is 5.07. The smallest absolute Gasteiger partial charge is 0.273 e. The summed E-state index contributed by atoms with van der Waals surface area (Å²) in [5.74, 6) is -0.147. The Labute approximate surface area is 168 Å². The van der Waals surface area contributed by atoms with Gasteiger partial charge in [0.1, 0.15) is 0 Å². The summed E-state index contributed by atoms with van der Waals surface area (Å²) in [6.07, 6.45) is 4.74. The van der Waals surface area contributed by atoms with Crippen LogP contribution in [-0.2, 0) is 4.74 Å². The molecule has 1 aliphatic rings. The van der Waals surface area contributed by atoms with E-state index in [1.54, 1.807) is 6.07 Å². The Balaban J connectivity index is 1.50. The molecule has 29 heavy (non-hydrogen) atoms. The highest BCUT2D eigenvalue weighted by Gasteiger charge is 2.20. The SMILES string of the molecule is O=C(NCC1CCOCC1)c1nccnc1NC(=O)c1cccc2ccccc12. The van der Waals surface area contributed by atoms with Gasteiger partial charge >= 0.3 is 0 Å². The Hall–Kier alpha value is -3.32. The number of nitrogens with zero attached hydrogens (tertiary/aromatic N) is 2. The molecule has 2 amide bonds. The molecule has 2 aromatic carbocycles. The molecule has 1 saturated heterocycles. The van der Waals surface area contributed by atoms with E-state index < -0.39 is 0 Å². The average Bonchev–Trinajstić information content (AvgIpc) is 2.78. The summed E-state index contributed by atoms with van der Waals surface area (Å²) in [5, 5.41) is 7.45. The maximum Gasteiger partial charge on any atom is 0.273 e. The van der Waals surface area contributed by atoms with Crippen LogP contribution in [-0.4, -0.2) is 41.5 Å². The Kier molecular flexibility index (Phi) is 5.76. The molecule has 7 nitrogen and oxygen atoms in total. The number of anilines is 1. The molecular formula is C22H22N4O3. The van der Waals surface area contributed by atoms with Crippen LogP contribution in [0, 0.1) is 5.92 Å². The average molecular weight is 390 g/mol. The van der Waals surface area contributed by atoms with Crippen LogP contribution in [0.2, 0.25) is 0 Å². The monoisotopic (exact) mass is 390 g/mol. The number of carbonyl (C=O) groups is 2. The van der Waals surface area contributed by atoms with Gasteiger partial charge in [-0.05, 0) is 35.6 Å². The quantitative estimate of drug-likeness (QED) is 0.698. The summed E-state index contributed by atoms with van der Waals surface area (Å²) < 4.78 is 5.34. The number of nitrogens with one attached hydrogen (secondary N) is 2. The van der Waals surface area contributed by atoms with Crippen LogP contribution in [0.1, 0.15) is 33.7 Å². The minimum Gasteiger partial charge on any atom is -0.381 e. The van der Waals surface area contributed by atoms with Crippen LogP contribution >= 0.6 is 0 Å². The largest absolute Gasteiger partial charge is 0.381 e. The first-order chi connectivity index (χ1) is 14.2. The van der Waals surface area contributed by atoms with Crippen LogP contribution in [0.15, 0.2) is 54.9 Å². The summed E-state index contributed by atoms with van der Waals surface area (Å²) in [6, 6.07) is 13.2. The molecule has 1 fully saturated rings. The number of amides is 2. The first-order valence-corrected chi connectivity index (χ1v) is 9.68. The van der Waals surface area contributed by atoms with E-state index in [-0.39, 0.29) is 23.3 Å². The van der Waals surface area contributed by atoms with Gasteiger partial charge < -0.3 is 15.4 Å².